The van der Waals surface area contributed by atoms with Gasteiger partial charge in [-0.25, -0.2) is 4.98 Å². The number of halogens is 6. The minimum atomic E-state index is -5.01. The van der Waals surface area contributed by atoms with Gasteiger partial charge >= 0.3 is 12.4 Å². The Balaban J connectivity index is 1.54. The number of rotatable bonds is 7. The number of aromatic nitrogens is 1. The van der Waals surface area contributed by atoms with Gasteiger partial charge in [0, 0.05) is 37.5 Å². The van der Waals surface area contributed by atoms with E-state index in [4.69, 9.17) is 4.42 Å². The molecule has 226 valence electrons. The van der Waals surface area contributed by atoms with Gasteiger partial charge in [0.2, 0.25) is 5.89 Å². The largest absolute Gasteiger partial charge is 0.435 e. The van der Waals surface area contributed by atoms with Crippen LogP contribution in [0.25, 0.3) is 33.9 Å². The second kappa shape index (κ2) is 11.9. The number of hydrogen-bond donors (Lipinski definition) is 1. The topological polar surface area (TPSA) is 58.4 Å². The number of nitrogens with one attached hydrogen (secondary N) is 1. The standard InChI is InChI=1S/C33H25F6N3O2/c1-42(2)25-14-12-22(13-15-25)29-28(41-31(44-29)27-11-7-6-10-26(27)21-8-4-3-5-9-21)30(43)40-19-20-16-23(32(34,35)36)18-24(17-20)33(37,38)39/h3-18H,19H2,1-2H3,(H,40,43). The Morgan fingerprint density at radius 2 is 1.32 bits per heavy atom. The summed E-state index contributed by atoms with van der Waals surface area (Å²) < 4.78 is 86.3. The molecule has 1 heterocycles. The lowest BCUT2D eigenvalue weighted by Gasteiger charge is -2.14. The lowest BCUT2D eigenvalue weighted by atomic mass is 10.00. The Kier molecular flexibility index (Phi) is 8.23. The van der Waals surface area contributed by atoms with E-state index in [-0.39, 0.29) is 29.0 Å². The molecular weight excluding hydrogens is 584 g/mol. The van der Waals surface area contributed by atoms with Crippen molar-refractivity contribution in [2.75, 3.05) is 19.0 Å². The number of hydrogen-bond acceptors (Lipinski definition) is 4. The summed E-state index contributed by atoms with van der Waals surface area (Å²) in [5.74, 6) is -0.639. The molecule has 5 nitrogen and oxygen atoms in total. The van der Waals surface area contributed by atoms with E-state index in [1.165, 1.54) is 0 Å². The molecular formula is C33H25F6N3O2. The van der Waals surface area contributed by atoms with Gasteiger partial charge in [0.1, 0.15) is 0 Å². The molecule has 5 aromatic rings. The summed E-state index contributed by atoms with van der Waals surface area (Å²) >= 11 is 0. The van der Waals surface area contributed by atoms with Gasteiger partial charge in [-0.1, -0.05) is 48.5 Å². The molecule has 0 spiro atoms. The first-order chi connectivity index (χ1) is 20.8. The van der Waals surface area contributed by atoms with Crippen molar-refractivity contribution in [3.63, 3.8) is 0 Å². The van der Waals surface area contributed by atoms with E-state index in [0.717, 1.165) is 16.8 Å². The minimum absolute atomic E-state index is 0.0366. The van der Waals surface area contributed by atoms with Gasteiger partial charge in [-0.05, 0) is 65.2 Å². The normalized spacial score (nSPS) is 11.8. The second-order valence-electron chi connectivity index (χ2n) is 10.1. The van der Waals surface area contributed by atoms with Crippen LogP contribution in [0.1, 0.15) is 27.2 Å². The number of alkyl halides is 6. The predicted octanol–water partition coefficient (Wildman–Crippen LogP) is 8.71. The van der Waals surface area contributed by atoms with Crippen LogP contribution in [0.4, 0.5) is 32.0 Å². The Morgan fingerprint density at radius 3 is 1.89 bits per heavy atom. The van der Waals surface area contributed by atoms with Crippen LogP contribution in [-0.4, -0.2) is 25.0 Å². The third kappa shape index (κ3) is 6.61. The summed E-state index contributed by atoms with van der Waals surface area (Å²) in [6.45, 7) is -0.617. The van der Waals surface area contributed by atoms with E-state index >= 15 is 0 Å². The first-order valence-corrected chi connectivity index (χ1v) is 13.3. The molecule has 0 aliphatic heterocycles. The Hall–Kier alpha value is -5.06. The number of nitrogens with zero attached hydrogens (tertiary/aromatic N) is 2. The van der Waals surface area contributed by atoms with Crippen molar-refractivity contribution >= 4 is 11.6 Å². The smallest absolute Gasteiger partial charge is 0.416 e. The van der Waals surface area contributed by atoms with Crippen LogP contribution in [0.5, 0.6) is 0 Å². The third-order valence-corrected chi connectivity index (χ3v) is 6.83. The van der Waals surface area contributed by atoms with Crippen molar-refractivity contribution in [3.05, 3.63) is 119 Å². The zero-order valence-electron chi connectivity index (χ0n) is 23.4. The molecule has 0 aliphatic carbocycles. The van der Waals surface area contributed by atoms with E-state index in [9.17, 15) is 31.1 Å². The molecule has 1 N–H and O–H groups in total. The quantitative estimate of drug-likeness (QED) is 0.188. The van der Waals surface area contributed by atoms with Crippen LogP contribution in [0.15, 0.2) is 101 Å². The van der Waals surface area contributed by atoms with Gasteiger partial charge in [-0.2, -0.15) is 26.3 Å². The molecule has 4 aromatic carbocycles. The monoisotopic (exact) mass is 609 g/mol. The molecule has 0 saturated heterocycles. The molecule has 0 fully saturated rings. The molecule has 0 bridgehead atoms. The van der Waals surface area contributed by atoms with Gasteiger partial charge in [-0.15, -0.1) is 0 Å². The van der Waals surface area contributed by atoms with E-state index in [1.807, 2.05) is 61.5 Å². The summed E-state index contributed by atoms with van der Waals surface area (Å²) in [4.78, 5) is 19.8. The summed E-state index contributed by atoms with van der Waals surface area (Å²) in [5.41, 5.74) is 0.0947. The maximum atomic E-state index is 13.5. The van der Waals surface area contributed by atoms with Gasteiger partial charge in [0.25, 0.3) is 5.91 Å². The lowest BCUT2D eigenvalue weighted by Crippen LogP contribution is -2.24. The average Bonchev–Trinajstić information content (AvgIpc) is 3.45. The fourth-order valence-corrected chi connectivity index (χ4v) is 4.62. The number of amides is 1. The first-order valence-electron chi connectivity index (χ1n) is 13.3. The average molecular weight is 610 g/mol. The van der Waals surface area contributed by atoms with Gasteiger partial charge in [-0.3, -0.25) is 4.79 Å². The minimum Gasteiger partial charge on any atom is -0.435 e. The molecule has 1 aromatic heterocycles. The lowest BCUT2D eigenvalue weighted by molar-refractivity contribution is -0.143. The molecule has 0 unspecified atom stereocenters. The van der Waals surface area contributed by atoms with Crippen molar-refractivity contribution in [2.45, 2.75) is 18.9 Å². The van der Waals surface area contributed by atoms with Crippen molar-refractivity contribution in [1.29, 1.82) is 0 Å². The van der Waals surface area contributed by atoms with Gasteiger partial charge in [0.05, 0.1) is 11.1 Å². The predicted molar refractivity (Wildman–Crippen MR) is 155 cm³/mol. The zero-order chi connectivity index (χ0) is 31.6. The van der Waals surface area contributed by atoms with Crippen LogP contribution in [0.3, 0.4) is 0 Å². The summed E-state index contributed by atoms with van der Waals surface area (Å²) in [5, 5.41) is 2.42. The number of oxazole rings is 1. The maximum absolute atomic E-state index is 13.5. The van der Waals surface area contributed by atoms with Crippen LogP contribution in [0.2, 0.25) is 0 Å². The Morgan fingerprint density at radius 1 is 0.750 bits per heavy atom. The van der Waals surface area contributed by atoms with Crippen LogP contribution in [-0.2, 0) is 18.9 Å². The molecule has 44 heavy (non-hydrogen) atoms. The number of anilines is 1. The SMILES string of the molecule is CN(C)c1ccc(-c2oc(-c3ccccc3-c3ccccc3)nc2C(=O)NCc2cc(C(F)(F)F)cc(C(F)(F)F)c2)cc1. The van der Waals surface area contributed by atoms with E-state index in [1.54, 1.807) is 36.4 Å². The molecule has 0 aliphatic rings. The highest BCUT2D eigenvalue weighted by Gasteiger charge is 2.37. The highest BCUT2D eigenvalue weighted by atomic mass is 19.4. The fourth-order valence-electron chi connectivity index (χ4n) is 4.62. The van der Waals surface area contributed by atoms with Crippen molar-refractivity contribution in [1.82, 2.24) is 10.3 Å². The molecule has 5 rings (SSSR count). The summed E-state index contributed by atoms with van der Waals surface area (Å²) in [7, 11) is 3.72. The zero-order valence-corrected chi connectivity index (χ0v) is 23.4. The number of carbonyl (C=O) groups is 1. The highest BCUT2D eigenvalue weighted by Crippen LogP contribution is 2.38. The number of carbonyl (C=O) groups excluding carboxylic acids is 1. The molecule has 11 heteroatoms. The Labute approximate surface area is 248 Å². The van der Waals surface area contributed by atoms with Crippen LogP contribution >= 0.6 is 0 Å². The highest BCUT2D eigenvalue weighted by molar-refractivity contribution is 5.98. The number of benzene rings is 4. The van der Waals surface area contributed by atoms with E-state index in [2.05, 4.69) is 10.3 Å². The molecule has 0 radical (unpaired) electrons. The molecule has 1 amide bonds. The third-order valence-electron chi connectivity index (χ3n) is 6.83. The van der Waals surface area contributed by atoms with E-state index < -0.39 is 35.9 Å². The van der Waals surface area contributed by atoms with Crippen molar-refractivity contribution < 1.29 is 35.6 Å². The van der Waals surface area contributed by atoms with Gasteiger partial charge < -0.3 is 14.6 Å². The van der Waals surface area contributed by atoms with Gasteiger partial charge in [0.15, 0.2) is 11.5 Å². The first kappa shape index (κ1) is 30.4. The Bertz CT molecular complexity index is 1740. The molecule has 0 atom stereocenters. The fraction of sp³-hybridized carbons (Fsp3) is 0.152. The van der Waals surface area contributed by atoms with E-state index in [0.29, 0.717) is 23.3 Å². The van der Waals surface area contributed by atoms with Crippen LogP contribution < -0.4 is 10.2 Å². The van der Waals surface area contributed by atoms with Crippen molar-refractivity contribution in [2.24, 2.45) is 0 Å². The summed E-state index contributed by atoms with van der Waals surface area (Å²) in [6, 6.07) is 24.9. The second-order valence-corrected chi connectivity index (χ2v) is 10.1. The van der Waals surface area contributed by atoms with Crippen molar-refractivity contribution in [3.8, 4) is 33.9 Å². The summed E-state index contributed by atoms with van der Waals surface area (Å²) in [6.07, 6.45) is -10.0. The maximum Gasteiger partial charge on any atom is 0.416 e. The van der Waals surface area contributed by atoms with Crippen LogP contribution in [0, 0.1) is 0 Å². The molecule has 0 saturated carbocycles.